The van der Waals surface area contributed by atoms with E-state index in [2.05, 4.69) is 9.72 Å². The zero-order valence-corrected chi connectivity index (χ0v) is 8.60. The van der Waals surface area contributed by atoms with Crippen LogP contribution in [0.5, 0.6) is 0 Å². The Hall–Kier alpha value is -1.23. The first kappa shape index (κ1) is 10.8. The van der Waals surface area contributed by atoms with Crippen LogP contribution in [0.2, 0.25) is 0 Å². The van der Waals surface area contributed by atoms with Gasteiger partial charge < -0.3 is 9.72 Å². The molecule has 0 spiro atoms. The summed E-state index contributed by atoms with van der Waals surface area (Å²) in [6.07, 6.45) is 1.69. The molecule has 0 aliphatic rings. The minimum Gasteiger partial charge on any atom is -0.468 e. The average molecular weight is 213 g/mol. The number of ketones is 1. The van der Waals surface area contributed by atoms with Gasteiger partial charge in [0.2, 0.25) is 0 Å². The summed E-state index contributed by atoms with van der Waals surface area (Å²) in [5.74, 6) is 0.177. The number of aromatic amines is 1. The SMILES string of the molecule is COC(=O)CSCC(=O)c1ccc[nH]1. The van der Waals surface area contributed by atoms with Gasteiger partial charge in [-0.25, -0.2) is 0 Å². The maximum absolute atomic E-state index is 11.4. The maximum atomic E-state index is 11.4. The van der Waals surface area contributed by atoms with Crippen molar-refractivity contribution in [1.29, 1.82) is 0 Å². The van der Waals surface area contributed by atoms with Gasteiger partial charge in [-0.15, -0.1) is 11.8 Å². The van der Waals surface area contributed by atoms with Gasteiger partial charge in [-0.2, -0.15) is 0 Å². The first-order chi connectivity index (χ1) is 6.74. The molecule has 0 saturated carbocycles. The normalized spacial score (nSPS) is 9.79. The highest BCUT2D eigenvalue weighted by Crippen LogP contribution is 2.05. The number of rotatable bonds is 5. The van der Waals surface area contributed by atoms with Crippen molar-refractivity contribution < 1.29 is 14.3 Å². The molecule has 1 rings (SSSR count). The van der Waals surface area contributed by atoms with E-state index in [4.69, 9.17) is 0 Å². The fourth-order valence-corrected chi connectivity index (χ4v) is 1.59. The van der Waals surface area contributed by atoms with Gasteiger partial charge >= 0.3 is 5.97 Å². The van der Waals surface area contributed by atoms with Crippen LogP contribution in [-0.2, 0) is 9.53 Å². The minimum atomic E-state index is -0.311. The van der Waals surface area contributed by atoms with E-state index in [-0.39, 0.29) is 23.3 Å². The molecular formula is C9H11NO3S. The summed E-state index contributed by atoms with van der Waals surface area (Å²) in [5.41, 5.74) is 0.572. The number of aromatic nitrogens is 1. The van der Waals surface area contributed by atoms with Crippen LogP contribution in [0.4, 0.5) is 0 Å². The van der Waals surface area contributed by atoms with Crippen molar-refractivity contribution in [3.8, 4) is 0 Å². The number of esters is 1. The third kappa shape index (κ3) is 3.26. The summed E-state index contributed by atoms with van der Waals surface area (Å²) in [6, 6.07) is 3.47. The lowest BCUT2D eigenvalue weighted by atomic mass is 10.3. The molecule has 0 aromatic carbocycles. The molecule has 0 amide bonds. The fourth-order valence-electron chi connectivity index (χ4n) is 0.868. The van der Waals surface area contributed by atoms with Crippen LogP contribution in [-0.4, -0.2) is 35.4 Å². The van der Waals surface area contributed by atoms with Gasteiger partial charge in [0.15, 0.2) is 5.78 Å². The highest BCUT2D eigenvalue weighted by atomic mass is 32.2. The number of nitrogens with one attached hydrogen (secondary N) is 1. The molecule has 1 heterocycles. The van der Waals surface area contributed by atoms with Crippen molar-refractivity contribution in [2.24, 2.45) is 0 Å². The number of ether oxygens (including phenoxy) is 1. The number of hydrogen-bond acceptors (Lipinski definition) is 4. The molecule has 0 unspecified atom stereocenters. The Balaban J connectivity index is 2.26. The van der Waals surface area contributed by atoms with Crippen LogP contribution in [0.3, 0.4) is 0 Å². The van der Waals surface area contributed by atoms with Gasteiger partial charge in [-0.1, -0.05) is 0 Å². The molecule has 1 N–H and O–H groups in total. The van der Waals surface area contributed by atoms with E-state index in [0.29, 0.717) is 5.69 Å². The van der Waals surface area contributed by atoms with Crippen LogP contribution < -0.4 is 0 Å². The van der Waals surface area contributed by atoms with E-state index in [9.17, 15) is 9.59 Å². The molecule has 4 nitrogen and oxygen atoms in total. The largest absolute Gasteiger partial charge is 0.468 e. The zero-order valence-electron chi connectivity index (χ0n) is 7.78. The number of carbonyl (C=O) groups is 2. The van der Waals surface area contributed by atoms with E-state index in [0.717, 1.165) is 0 Å². The first-order valence-electron chi connectivity index (χ1n) is 4.05. The van der Waals surface area contributed by atoms with Crippen LogP contribution in [0.15, 0.2) is 18.3 Å². The molecule has 0 saturated heterocycles. The maximum Gasteiger partial charge on any atom is 0.315 e. The number of H-pyrrole nitrogens is 1. The lowest BCUT2D eigenvalue weighted by Crippen LogP contribution is -2.08. The number of thioether (sulfide) groups is 1. The smallest absolute Gasteiger partial charge is 0.315 e. The zero-order chi connectivity index (χ0) is 10.4. The summed E-state index contributed by atoms with van der Waals surface area (Å²) in [4.78, 5) is 24.9. The van der Waals surface area contributed by atoms with Crippen molar-refractivity contribution in [3.05, 3.63) is 24.0 Å². The predicted octanol–water partition coefficient (Wildman–Crippen LogP) is 1.10. The monoisotopic (exact) mass is 213 g/mol. The van der Waals surface area contributed by atoms with E-state index in [1.807, 2.05) is 0 Å². The second-order valence-corrected chi connectivity index (χ2v) is 3.56. The van der Waals surface area contributed by atoms with Gasteiger partial charge in [-0.05, 0) is 12.1 Å². The van der Waals surface area contributed by atoms with Crippen LogP contribution in [0.25, 0.3) is 0 Å². The fraction of sp³-hybridized carbons (Fsp3) is 0.333. The molecule has 0 aliphatic heterocycles. The molecule has 14 heavy (non-hydrogen) atoms. The molecule has 0 fully saturated rings. The Labute approximate surface area is 86.0 Å². The molecule has 0 aliphatic carbocycles. The molecule has 0 atom stereocenters. The average Bonchev–Trinajstić information content (AvgIpc) is 2.70. The summed E-state index contributed by atoms with van der Waals surface area (Å²) in [5, 5.41) is 0. The summed E-state index contributed by atoms with van der Waals surface area (Å²) < 4.78 is 4.44. The first-order valence-corrected chi connectivity index (χ1v) is 5.20. The third-order valence-corrected chi connectivity index (χ3v) is 2.49. The lowest BCUT2D eigenvalue weighted by molar-refractivity contribution is -0.137. The summed E-state index contributed by atoms with van der Waals surface area (Å²) >= 11 is 1.25. The van der Waals surface area contributed by atoms with Crippen molar-refractivity contribution in [3.63, 3.8) is 0 Å². The molecular weight excluding hydrogens is 202 g/mol. The van der Waals surface area contributed by atoms with Gasteiger partial charge in [0.25, 0.3) is 0 Å². The molecule has 0 bridgehead atoms. The van der Waals surface area contributed by atoms with Crippen LogP contribution >= 0.6 is 11.8 Å². The Morgan fingerprint density at radius 3 is 2.86 bits per heavy atom. The second-order valence-electron chi connectivity index (χ2n) is 2.58. The number of hydrogen-bond donors (Lipinski definition) is 1. The van der Waals surface area contributed by atoms with Gasteiger partial charge in [0, 0.05) is 6.20 Å². The van der Waals surface area contributed by atoms with Crippen LogP contribution in [0.1, 0.15) is 10.5 Å². The Morgan fingerprint density at radius 2 is 2.29 bits per heavy atom. The minimum absolute atomic E-state index is 0.0103. The highest BCUT2D eigenvalue weighted by Gasteiger charge is 2.07. The number of Topliss-reactive ketones (excluding diaryl/α,β-unsaturated/α-hetero) is 1. The van der Waals surface area contributed by atoms with E-state index >= 15 is 0 Å². The summed E-state index contributed by atoms with van der Waals surface area (Å²) in [7, 11) is 1.33. The topological polar surface area (TPSA) is 59.2 Å². The van der Waals surface area contributed by atoms with E-state index < -0.39 is 0 Å². The molecule has 5 heteroatoms. The van der Waals surface area contributed by atoms with Crippen molar-refractivity contribution in [2.75, 3.05) is 18.6 Å². The third-order valence-electron chi connectivity index (χ3n) is 1.58. The molecule has 0 radical (unpaired) electrons. The second kappa shape index (κ2) is 5.49. The molecule has 1 aromatic rings. The van der Waals surface area contributed by atoms with Crippen molar-refractivity contribution in [2.45, 2.75) is 0 Å². The van der Waals surface area contributed by atoms with Crippen molar-refractivity contribution >= 4 is 23.5 Å². The van der Waals surface area contributed by atoms with E-state index in [1.165, 1.54) is 18.9 Å². The van der Waals surface area contributed by atoms with Crippen LogP contribution in [0, 0.1) is 0 Å². The predicted molar refractivity (Wildman–Crippen MR) is 54.5 cm³/mol. The van der Waals surface area contributed by atoms with Gasteiger partial charge in [0.1, 0.15) is 0 Å². The molecule has 1 aromatic heterocycles. The molecule has 76 valence electrons. The van der Waals surface area contributed by atoms with Gasteiger partial charge in [0.05, 0.1) is 24.3 Å². The highest BCUT2D eigenvalue weighted by molar-refractivity contribution is 8.00. The standard InChI is InChI=1S/C9H11NO3S/c1-13-9(12)6-14-5-8(11)7-3-2-4-10-7/h2-4,10H,5-6H2,1H3. The summed E-state index contributed by atoms with van der Waals surface area (Å²) in [6.45, 7) is 0. The number of methoxy groups -OCH3 is 1. The Kier molecular flexibility index (Phi) is 4.25. The quantitative estimate of drug-likeness (QED) is 0.588. The van der Waals surface area contributed by atoms with E-state index in [1.54, 1.807) is 18.3 Å². The van der Waals surface area contributed by atoms with Crippen molar-refractivity contribution in [1.82, 2.24) is 4.98 Å². The Morgan fingerprint density at radius 1 is 1.50 bits per heavy atom. The Bertz CT molecular complexity index is 308. The lowest BCUT2D eigenvalue weighted by Gasteiger charge is -1.98. The number of carbonyl (C=O) groups excluding carboxylic acids is 2. The van der Waals surface area contributed by atoms with Gasteiger partial charge in [-0.3, -0.25) is 9.59 Å².